The Morgan fingerprint density at radius 2 is 2.28 bits per heavy atom. The Morgan fingerprint density at radius 1 is 1.56 bits per heavy atom. The molecule has 1 saturated heterocycles. The van der Waals surface area contributed by atoms with Crippen LogP contribution in [-0.4, -0.2) is 25.3 Å². The number of rotatable bonds is 2. The van der Waals surface area contributed by atoms with Crippen molar-refractivity contribution in [3.05, 3.63) is 22.4 Å². The topological polar surface area (TPSA) is 38.5 Å². The van der Waals surface area contributed by atoms with Crippen LogP contribution in [0.4, 0.5) is 15.8 Å². The minimum Gasteiger partial charge on any atom is -0.397 e. The van der Waals surface area contributed by atoms with Gasteiger partial charge in [-0.1, -0.05) is 6.92 Å². The maximum absolute atomic E-state index is 13.7. The van der Waals surface area contributed by atoms with Gasteiger partial charge in [0.1, 0.15) is 5.82 Å². The number of morpholine rings is 1. The van der Waals surface area contributed by atoms with Gasteiger partial charge in [0, 0.05) is 12.6 Å². The van der Waals surface area contributed by atoms with E-state index in [1.807, 2.05) is 6.92 Å². The van der Waals surface area contributed by atoms with E-state index in [1.54, 1.807) is 6.07 Å². The highest BCUT2D eigenvalue weighted by atomic mass is 79.9. The lowest BCUT2D eigenvalue weighted by molar-refractivity contribution is 0.0300. The van der Waals surface area contributed by atoms with Crippen LogP contribution >= 0.6 is 15.9 Å². The molecule has 2 atom stereocenters. The Labute approximate surface area is 115 Å². The molecule has 1 fully saturated rings. The van der Waals surface area contributed by atoms with Crippen LogP contribution in [0.1, 0.15) is 20.3 Å². The lowest BCUT2D eigenvalue weighted by atomic mass is 10.1. The second-order valence-corrected chi connectivity index (χ2v) is 5.54. The predicted octanol–water partition coefficient (Wildman–Crippen LogP) is 3.17. The fraction of sp³-hybridized carbons (Fsp3) is 0.538. The van der Waals surface area contributed by atoms with Gasteiger partial charge >= 0.3 is 0 Å². The van der Waals surface area contributed by atoms with E-state index < -0.39 is 0 Å². The average molecular weight is 317 g/mol. The fourth-order valence-electron chi connectivity index (χ4n) is 2.28. The molecule has 0 aliphatic carbocycles. The van der Waals surface area contributed by atoms with Gasteiger partial charge in [-0.2, -0.15) is 0 Å². The number of halogens is 2. The number of hydrogen-bond acceptors (Lipinski definition) is 3. The van der Waals surface area contributed by atoms with Crippen molar-refractivity contribution >= 4 is 27.3 Å². The summed E-state index contributed by atoms with van der Waals surface area (Å²) in [7, 11) is 0. The molecule has 0 saturated carbocycles. The summed E-state index contributed by atoms with van der Waals surface area (Å²) in [6.45, 7) is 5.52. The lowest BCUT2D eigenvalue weighted by Crippen LogP contribution is -2.49. The van der Waals surface area contributed by atoms with Crippen molar-refractivity contribution in [3.8, 4) is 0 Å². The van der Waals surface area contributed by atoms with E-state index in [9.17, 15) is 4.39 Å². The van der Waals surface area contributed by atoms with Crippen LogP contribution < -0.4 is 10.6 Å². The number of nitrogen functional groups attached to an aromatic ring is 1. The maximum Gasteiger partial charge on any atom is 0.139 e. The number of ether oxygens (including phenoxy) is 1. The summed E-state index contributed by atoms with van der Waals surface area (Å²) in [5.74, 6) is -0.284. The Morgan fingerprint density at radius 3 is 2.94 bits per heavy atom. The molecule has 5 heteroatoms. The first-order valence-corrected chi connectivity index (χ1v) is 6.95. The predicted molar refractivity (Wildman–Crippen MR) is 75.4 cm³/mol. The Kier molecular flexibility index (Phi) is 4.12. The molecule has 0 spiro atoms. The first-order chi connectivity index (χ1) is 8.52. The molecule has 0 aromatic heterocycles. The molecule has 2 rings (SSSR count). The van der Waals surface area contributed by atoms with Crippen LogP contribution in [0.25, 0.3) is 0 Å². The van der Waals surface area contributed by atoms with Gasteiger partial charge in [0.05, 0.1) is 34.6 Å². The first kappa shape index (κ1) is 13.6. The molecule has 1 heterocycles. The monoisotopic (exact) mass is 316 g/mol. The van der Waals surface area contributed by atoms with Gasteiger partial charge in [-0.3, -0.25) is 0 Å². The third kappa shape index (κ3) is 2.62. The molecule has 100 valence electrons. The Bertz CT molecular complexity index is 441. The van der Waals surface area contributed by atoms with Crippen molar-refractivity contribution in [2.45, 2.75) is 32.4 Å². The van der Waals surface area contributed by atoms with E-state index in [0.29, 0.717) is 16.8 Å². The van der Waals surface area contributed by atoms with Crippen molar-refractivity contribution < 1.29 is 9.13 Å². The second kappa shape index (κ2) is 5.45. The number of benzene rings is 1. The van der Waals surface area contributed by atoms with Crippen LogP contribution in [0, 0.1) is 5.82 Å². The quantitative estimate of drug-likeness (QED) is 0.852. The highest BCUT2D eigenvalue weighted by Gasteiger charge is 2.27. The number of hydrogen-bond donors (Lipinski definition) is 1. The van der Waals surface area contributed by atoms with Crippen molar-refractivity contribution in [1.82, 2.24) is 0 Å². The SMILES string of the molecule is CCC1COC(C)CN1c1cc(F)c(Br)cc1N. The van der Waals surface area contributed by atoms with Crippen molar-refractivity contribution in [2.24, 2.45) is 0 Å². The van der Waals surface area contributed by atoms with Gasteiger partial charge < -0.3 is 15.4 Å². The van der Waals surface area contributed by atoms with Crippen LogP contribution in [-0.2, 0) is 4.74 Å². The number of nitrogens with two attached hydrogens (primary N) is 1. The lowest BCUT2D eigenvalue weighted by Gasteiger charge is -2.40. The zero-order valence-electron chi connectivity index (χ0n) is 10.6. The van der Waals surface area contributed by atoms with E-state index in [2.05, 4.69) is 27.8 Å². The molecule has 1 aliphatic heterocycles. The summed E-state index contributed by atoms with van der Waals surface area (Å²) in [4.78, 5) is 2.15. The third-order valence-electron chi connectivity index (χ3n) is 3.32. The van der Waals surface area contributed by atoms with Crippen molar-refractivity contribution in [2.75, 3.05) is 23.8 Å². The molecule has 2 unspecified atom stereocenters. The summed E-state index contributed by atoms with van der Waals surface area (Å²) in [6.07, 6.45) is 1.09. The van der Waals surface area contributed by atoms with Crippen LogP contribution in [0.3, 0.4) is 0 Å². The minimum atomic E-state index is -0.284. The van der Waals surface area contributed by atoms with E-state index in [-0.39, 0.29) is 18.0 Å². The molecular weight excluding hydrogens is 299 g/mol. The Hall–Kier alpha value is -0.810. The second-order valence-electron chi connectivity index (χ2n) is 4.68. The van der Waals surface area contributed by atoms with Gasteiger partial charge in [0.15, 0.2) is 0 Å². The first-order valence-electron chi connectivity index (χ1n) is 6.15. The van der Waals surface area contributed by atoms with Crippen molar-refractivity contribution in [1.29, 1.82) is 0 Å². The average Bonchev–Trinajstić information content (AvgIpc) is 2.34. The standard InChI is InChI=1S/C13H18BrFN2O/c1-3-9-7-18-8(2)6-17(9)13-5-11(15)10(14)4-12(13)16/h4-5,8-9H,3,6-7,16H2,1-2H3. The molecule has 3 nitrogen and oxygen atoms in total. The number of anilines is 2. The highest BCUT2D eigenvalue weighted by Crippen LogP contribution is 2.32. The fourth-order valence-corrected chi connectivity index (χ4v) is 2.64. The van der Waals surface area contributed by atoms with E-state index in [4.69, 9.17) is 10.5 Å². The van der Waals surface area contributed by atoms with Gasteiger partial charge in [0.2, 0.25) is 0 Å². The van der Waals surface area contributed by atoms with E-state index in [0.717, 1.165) is 18.7 Å². The van der Waals surface area contributed by atoms with Gasteiger partial charge in [-0.05, 0) is 35.3 Å². The van der Waals surface area contributed by atoms with Gasteiger partial charge in [0.25, 0.3) is 0 Å². The van der Waals surface area contributed by atoms with Crippen molar-refractivity contribution in [3.63, 3.8) is 0 Å². The smallest absolute Gasteiger partial charge is 0.139 e. The molecule has 1 aromatic carbocycles. The van der Waals surface area contributed by atoms with Gasteiger partial charge in [-0.15, -0.1) is 0 Å². The summed E-state index contributed by atoms with van der Waals surface area (Å²) in [5.41, 5.74) is 7.36. The molecular formula is C13H18BrFN2O. The molecule has 2 N–H and O–H groups in total. The number of nitrogens with zero attached hydrogens (tertiary/aromatic N) is 1. The van der Waals surface area contributed by atoms with E-state index in [1.165, 1.54) is 6.07 Å². The minimum absolute atomic E-state index is 0.138. The summed E-state index contributed by atoms with van der Waals surface area (Å²) in [6, 6.07) is 3.38. The molecule has 1 aliphatic rings. The molecule has 0 amide bonds. The van der Waals surface area contributed by atoms with Crippen LogP contribution in [0.5, 0.6) is 0 Å². The van der Waals surface area contributed by atoms with Gasteiger partial charge in [-0.25, -0.2) is 4.39 Å². The third-order valence-corrected chi connectivity index (χ3v) is 3.93. The highest BCUT2D eigenvalue weighted by molar-refractivity contribution is 9.10. The van der Waals surface area contributed by atoms with Crippen LogP contribution in [0.15, 0.2) is 16.6 Å². The van der Waals surface area contributed by atoms with E-state index >= 15 is 0 Å². The molecule has 1 aromatic rings. The maximum atomic E-state index is 13.7. The molecule has 0 radical (unpaired) electrons. The Balaban J connectivity index is 2.36. The molecule has 18 heavy (non-hydrogen) atoms. The largest absolute Gasteiger partial charge is 0.397 e. The normalized spacial score (nSPS) is 24.3. The van der Waals surface area contributed by atoms with Crippen LogP contribution in [0.2, 0.25) is 0 Å². The zero-order chi connectivity index (χ0) is 13.3. The summed E-state index contributed by atoms with van der Waals surface area (Å²) < 4.78 is 19.7. The molecule has 0 bridgehead atoms. The summed E-state index contributed by atoms with van der Waals surface area (Å²) in [5, 5.41) is 0. The summed E-state index contributed by atoms with van der Waals surface area (Å²) >= 11 is 3.15. The zero-order valence-corrected chi connectivity index (χ0v) is 12.2.